The third-order valence-electron chi connectivity index (χ3n) is 1.04. The fourth-order valence-corrected chi connectivity index (χ4v) is 0.632. The van der Waals surface area contributed by atoms with E-state index in [0.717, 1.165) is 0 Å². The molecule has 0 aromatic carbocycles. The summed E-state index contributed by atoms with van der Waals surface area (Å²) in [4.78, 5) is 20.7. The molecule has 0 saturated carbocycles. The Hall–Kier alpha value is -0.770. The highest BCUT2D eigenvalue weighted by molar-refractivity contribution is 6.27. The van der Waals surface area contributed by atoms with Gasteiger partial charge in [-0.3, -0.25) is 9.59 Å². The number of hydrogen-bond donors (Lipinski definition) is 2. The van der Waals surface area contributed by atoms with Crippen LogP contribution in [0, 0.1) is 0 Å². The molecule has 0 aliphatic rings. The van der Waals surface area contributed by atoms with Gasteiger partial charge in [0.05, 0.1) is 0 Å². The minimum Gasteiger partial charge on any atom is -0.370 e. The Balaban J connectivity index is 3.14. The van der Waals surface area contributed by atoms with Crippen molar-refractivity contribution >= 4 is 23.4 Å². The fraction of sp³-hybridized carbons (Fsp3) is 0.667. The molecule has 4 nitrogen and oxygen atoms in total. The van der Waals surface area contributed by atoms with Crippen molar-refractivity contribution in [2.75, 3.05) is 12.4 Å². The number of alkyl halides is 1. The molecule has 11 heavy (non-hydrogen) atoms. The molecule has 0 aliphatic heterocycles. The molecule has 2 amide bonds. The zero-order valence-corrected chi connectivity index (χ0v) is 6.86. The minimum absolute atomic E-state index is 0.0451. The summed E-state index contributed by atoms with van der Waals surface area (Å²) >= 11 is 5.19. The number of hydrogen-bond acceptors (Lipinski definition) is 2. The third kappa shape index (κ3) is 7.12. The van der Waals surface area contributed by atoms with Gasteiger partial charge in [-0.1, -0.05) is 0 Å². The summed E-state index contributed by atoms with van der Waals surface area (Å²) < 4.78 is 0. The van der Waals surface area contributed by atoms with Crippen molar-refractivity contribution in [3.63, 3.8) is 0 Å². The molecule has 0 saturated heterocycles. The second-order valence-corrected chi connectivity index (χ2v) is 2.32. The summed E-state index contributed by atoms with van der Waals surface area (Å²) in [5.74, 6) is -0.627. The molecule has 5 heteroatoms. The number of carbonyl (C=O) groups is 2. The van der Waals surface area contributed by atoms with E-state index in [1.807, 2.05) is 0 Å². The Labute approximate surface area is 70.1 Å². The topological polar surface area (TPSA) is 72.2 Å². The van der Waals surface area contributed by atoms with Gasteiger partial charge in [-0.2, -0.15) is 0 Å². The first kappa shape index (κ1) is 10.2. The maximum atomic E-state index is 10.5. The molecule has 0 aromatic heterocycles. The normalized spacial score (nSPS) is 9.18. The van der Waals surface area contributed by atoms with Gasteiger partial charge in [0.25, 0.3) is 0 Å². The zero-order valence-electron chi connectivity index (χ0n) is 6.10. The maximum absolute atomic E-state index is 10.5. The van der Waals surface area contributed by atoms with E-state index in [1.165, 1.54) is 0 Å². The number of primary amides is 1. The van der Waals surface area contributed by atoms with Crippen molar-refractivity contribution in [3.8, 4) is 0 Å². The molecule has 0 fully saturated rings. The highest BCUT2D eigenvalue weighted by atomic mass is 35.5. The molecule has 0 atom stereocenters. The minimum atomic E-state index is -0.356. The van der Waals surface area contributed by atoms with E-state index in [2.05, 4.69) is 5.32 Å². The summed E-state index contributed by atoms with van der Waals surface area (Å²) in [5.41, 5.74) is 4.86. The zero-order chi connectivity index (χ0) is 8.69. The molecule has 0 bridgehead atoms. The van der Waals surface area contributed by atoms with Gasteiger partial charge in [0.1, 0.15) is 5.88 Å². The van der Waals surface area contributed by atoms with Crippen LogP contribution in [-0.4, -0.2) is 24.2 Å². The first-order valence-electron chi connectivity index (χ1n) is 3.27. The second kappa shape index (κ2) is 5.97. The van der Waals surface area contributed by atoms with E-state index in [1.54, 1.807) is 0 Å². The number of rotatable bonds is 5. The van der Waals surface area contributed by atoms with Crippen LogP contribution in [0.3, 0.4) is 0 Å². The quantitative estimate of drug-likeness (QED) is 0.445. The summed E-state index contributed by atoms with van der Waals surface area (Å²) in [5, 5.41) is 2.51. The molecular weight excluding hydrogens is 168 g/mol. The summed E-state index contributed by atoms with van der Waals surface area (Å²) in [6.07, 6.45) is 0.862. The first-order valence-corrected chi connectivity index (χ1v) is 3.81. The highest BCUT2D eigenvalue weighted by Gasteiger charge is 1.97. The summed E-state index contributed by atoms with van der Waals surface area (Å²) in [6, 6.07) is 0. The molecule has 0 spiro atoms. The lowest BCUT2D eigenvalue weighted by Crippen LogP contribution is -2.26. The second-order valence-electron chi connectivity index (χ2n) is 2.05. The molecule has 0 aromatic rings. The van der Waals surface area contributed by atoms with Crippen molar-refractivity contribution in [2.24, 2.45) is 5.73 Å². The van der Waals surface area contributed by atoms with Gasteiger partial charge in [-0.15, -0.1) is 11.6 Å². The van der Waals surface area contributed by atoms with Crippen LogP contribution in [0.2, 0.25) is 0 Å². The van der Waals surface area contributed by atoms with Crippen LogP contribution >= 0.6 is 11.6 Å². The molecule has 0 heterocycles. The molecule has 3 N–H and O–H groups in total. The number of carbonyl (C=O) groups excluding carboxylic acids is 2. The maximum Gasteiger partial charge on any atom is 0.234 e. The van der Waals surface area contributed by atoms with Crippen molar-refractivity contribution in [1.82, 2.24) is 5.32 Å². The average Bonchev–Trinajstić information content (AvgIpc) is 1.97. The Kier molecular flexibility index (Phi) is 5.56. The molecule has 0 rings (SSSR count). The predicted molar refractivity (Wildman–Crippen MR) is 42.2 cm³/mol. The van der Waals surface area contributed by atoms with Crippen LogP contribution in [0.15, 0.2) is 0 Å². The first-order chi connectivity index (χ1) is 5.16. The highest BCUT2D eigenvalue weighted by Crippen LogP contribution is 1.84. The summed E-state index contributed by atoms with van der Waals surface area (Å²) in [6.45, 7) is 0.453. The fourth-order valence-electron chi connectivity index (χ4n) is 0.538. The van der Waals surface area contributed by atoms with E-state index in [-0.39, 0.29) is 17.7 Å². The van der Waals surface area contributed by atoms with Crippen molar-refractivity contribution in [3.05, 3.63) is 0 Å². The Morgan fingerprint density at radius 3 is 2.55 bits per heavy atom. The van der Waals surface area contributed by atoms with E-state index < -0.39 is 0 Å². The van der Waals surface area contributed by atoms with E-state index in [4.69, 9.17) is 17.3 Å². The van der Waals surface area contributed by atoms with Gasteiger partial charge in [0, 0.05) is 13.0 Å². The molecule has 0 radical (unpaired) electrons. The van der Waals surface area contributed by atoms with Gasteiger partial charge >= 0.3 is 0 Å². The van der Waals surface area contributed by atoms with Crippen LogP contribution in [0.5, 0.6) is 0 Å². The Morgan fingerprint density at radius 2 is 2.09 bits per heavy atom. The van der Waals surface area contributed by atoms with Crippen LogP contribution in [0.25, 0.3) is 0 Å². The lowest BCUT2D eigenvalue weighted by Gasteiger charge is -1.99. The molecular formula is C6H11ClN2O2. The third-order valence-corrected chi connectivity index (χ3v) is 1.29. The molecule has 0 aliphatic carbocycles. The van der Waals surface area contributed by atoms with Crippen LogP contribution in [0.1, 0.15) is 12.8 Å². The van der Waals surface area contributed by atoms with Crippen molar-refractivity contribution in [1.29, 1.82) is 0 Å². The van der Waals surface area contributed by atoms with Crippen molar-refractivity contribution < 1.29 is 9.59 Å². The lowest BCUT2D eigenvalue weighted by molar-refractivity contribution is -0.120. The standard InChI is InChI=1S/C6H11ClN2O2/c7-4-6(11)9-3-1-2-5(8)10/h1-4H2,(H2,8,10)(H,9,11). The van der Waals surface area contributed by atoms with E-state index in [0.29, 0.717) is 19.4 Å². The molecule has 64 valence electrons. The average molecular weight is 179 g/mol. The largest absolute Gasteiger partial charge is 0.370 e. The predicted octanol–water partition coefficient (Wildman–Crippen LogP) is -0.393. The van der Waals surface area contributed by atoms with Crippen LogP contribution in [-0.2, 0) is 9.59 Å². The summed E-state index contributed by atoms with van der Waals surface area (Å²) in [7, 11) is 0. The monoisotopic (exact) mass is 178 g/mol. The van der Waals surface area contributed by atoms with Gasteiger partial charge in [-0.25, -0.2) is 0 Å². The van der Waals surface area contributed by atoms with E-state index in [9.17, 15) is 9.59 Å². The van der Waals surface area contributed by atoms with Gasteiger partial charge in [0.15, 0.2) is 0 Å². The SMILES string of the molecule is NC(=O)CCCNC(=O)CCl. The number of amides is 2. The smallest absolute Gasteiger partial charge is 0.234 e. The van der Waals surface area contributed by atoms with E-state index >= 15 is 0 Å². The number of nitrogens with two attached hydrogens (primary N) is 1. The number of nitrogens with one attached hydrogen (secondary N) is 1. The lowest BCUT2D eigenvalue weighted by atomic mass is 10.3. The van der Waals surface area contributed by atoms with Gasteiger partial charge < -0.3 is 11.1 Å². The number of halogens is 1. The van der Waals surface area contributed by atoms with Gasteiger partial charge in [0.2, 0.25) is 11.8 Å². The van der Waals surface area contributed by atoms with Crippen LogP contribution < -0.4 is 11.1 Å². The molecule has 0 unspecified atom stereocenters. The van der Waals surface area contributed by atoms with Gasteiger partial charge in [-0.05, 0) is 6.42 Å². The Bertz CT molecular complexity index is 150. The van der Waals surface area contributed by atoms with Crippen molar-refractivity contribution in [2.45, 2.75) is 12.8 Å². The van der Waals surface area contributed by atoms with Crippen LogP contribution in [0.4, 0.5) is 0 Å². The Morgan fingerprint density at radius 1 is 1.45 bits per heavy atom.